The summed E-state index contributed by atoms with van der Waals surface area (Å²) < 4.78 is 36.4. The molecular formula is C12H20F3N3O6. The van der Waals surface area contributed by atoms with E-state index >= 15 is 0 Å². The van der Waals surface area contributed by atoms with Gasteiger partial charge in [-0.3, -0.25) is 14.4 Å². The maximum atomic E-state index is 11.3. The van der Waals surface area contributed by atoms with Gasteiger partial charge in [-0.2, -0.15) is 13.2 Å². The molecule has 0 aliphatic rings. The van der Waals surface area contributed by atoms with Crippen LogP contribution in [0.3, 0.4) is 0 Å². The topological polar surface area (TPSA) is 162 Å². The molecule has 12 heteroatoms. The molecule has 0 aromatic heterocycles. The number of carboxylic acid groups (broad SMARTS) is 1. The molecule has 0 aliphatic heterocycles. The molecule has 0 spiro atoms. The number of hydrogen-bond donors (Lipinski definition) is 4. The first-order valence-electron chi connectivity index (χ1n) is 6.63. The third-order valence-corrected chi connectivity index (χ3v) is 2.26. The Kier molecular flexibility index (Phi) is 11.2. The van der Waals surface area contributed by atoms with Crippen LogP contribution in [0.15, 0.2) is 0 Å². The lowest BCUT2D eigenvalue weighted by atomic mass is 10.1. The van der Waals surface area contributed by atoms with Crippen molar-refractivity contribution in [2.45, 2.75) is 44.9 Å². The lowest BCUT2D eigenvalue weighted by Gasteiger charge is -2.16. The highest BCUT2D eigenvalue weighted by molar-refractivity contribution is 5.89. The van der Waals surface area contributed by atoms with Gasteiger partial charge >= 0.3 is 18.1 Å². The van der Waals surface area contributed by atoms with E-state index in [9.17, 15) is 27.6 Å². The molecular weight excluding hydrogens is 339 g/mol. The molecule has 0 aromatic carbocycles. The van der Waals surface area contributed by atoms with Crippen LogP contribution in [0.5, 0.6) is 0 Å². The smallest absolute Gasteiger partial charge is 0.475 e. The van der Waals surface area contributed by atoms with Crippen LogP contribution in [0.4, 0.5) is 13.2 Å². The summed E-state index contributed by atoms with van der Waals surface area (Å²) in [6.45, 7) is 3.44. The van der Waals surface area contributed by atoms with Gasteiger partial charge in [0.1, 0.15) is 6.04 Å². The Morgan fingerprint density at radius 3 is 2.00 bits per heavy atom. The molecule has 9 nitrogen and oxygen atoms in total. The minimum absolute atomic E-state index is 0.0146. The van der Waals surface area contributed by atoms with E-state index in [-0.39, 0.29) is 19.4 Å². The van der Waals surface area contributed by atoms with Crippen LogP contribution in [-0.4, -0.2) is 53.7 Å². The van der Waals surface area contributed by atoms with E-state index < -0.39 is 42.0 Å². The van der Waals surface area contributed by atoms with Crippen molar-refractivity contribution in [3.63, 3.8) is 0 Å². The van der Waals surface area contributed by atoms with Crippen LogP contribution in [0.1, 0.15) is 26.7 Å². The van der Waals surface area contributed by atoms with E-state index in [2.05, 4.69) is 5.32 Å². The van der Waals surface area contributed by atoms with Crippen LogP contribution in [-0.2, 0) is 23.9 Å². The Morgan fingerprint density at radius 1 is 1.25 bits per heavy atom. The summed E-state index contributed by atoms with van der Waals surface area (Å²) in [5.41, 5.74) is 10.4. The molecule has 0 saturated carbocycles. The summed E-state index contributed by atoms with van der Waals surface area (Å²) in [5.74, 6) is -4.39. The molecule has 2 atom stereocenters. The van der Waals surface area contributed by atoms with Crippen LogP contribution < -0.4 is 16.8 Å². The van der Waals surface area contributed by atoms with Gasteiger partial charge < -0.3 is 26.6 Å². The van der Waals surface area contributed by atoms with Crippen molar-refractivity contribution in [3.8, 4) is 0 Å². The molecule has 0 unspecified atom stereocenters. The number of hydrogen-bond acceptors (Lipinski definition) is 6. The Morgan fingerprint density at radius 2 is 1.71 bits per heavy atom. The molecule has 0 rings (SSSR count). The van der Waals surface area contributed by atoms with Crippen molar-refractivity contribution >= 4 is 23.8 Å². The fourth-order valence-corrected chi connectivity index (χ4v) is 1.08. The number of primary amides is 1. The van der Waals surface area contributed by atoms with E-state index in [1.54, 1.807) is 6.92 Å². The summed E-state index contributed by atoms with van der Waals surface area (Å²) in [4.78, 5) is 42.3. The first-order valence-corrected chi connectivity index (χ1v) is 6.63. The fraction of sp³-hybridized carbons (Fsp3) is 0.667. The number of nitrogens with one attached hydrogen (secondary N) is 1. The van der Waals surface area contributed by atoms with Crippen LogP contribution in [0.2, 0.25) is 0 Å². The molecule has 0 heterocycles. The number of carboxylic acids is 1. The van der Waals surface area contributed by atoms with Crippen LogP contribution in [0.25, 0.3) is 0 Å². The van der Waals surface area contributed by atoms with Gasteiger partial charge in [0, 0.05) is 6.42 Å². The van der Waals surface area contributed by atoms with Gasteiger partial charge in [-0.05, 0) is 20.3 Å². The highest BCUT2D eigenvalue weighted by atomic mass is 19.4. The highest BCUT2D eigenvalue weighted by Crippen LogP contribution is 2.13. The molecule has 0 aliphatic carbocycles. The van der Waals surface area contributed by atoms with Crippen molar-refractivity contribution in [3.05, 3.63) is 0 Å². The van der Waals surface area contributed by atoms with E-state index in [4.69, 9.17) is 26.1 Å². The summed E-state index contributed by atoms with van der Waals surface area (Å²) in [7, 11) is 0. The Bertz CT molecular complexity index is 454. The average molecular weight is 359 g/mol. The number of nitrogens with two attached hydrogens (primary N) is 2. The first-order chi connectivity index (χ1) is 10.8. The minimum atomic E-state index is -5.08. The zero-order valence-electron chi connectivity index (χ0n) is 13.1. The summed E-state index contributed by atoms with van der Waals surface area (Å²) in [5, 5.41) is 9.49. The van der Waals surface area contributed by atoms with Crippen molar-refractivity contribution in [2.75, 3.05) is 6.61 Å². The van der Waals surface area contributed by atoms with Gasteiger partial charge in [-0.25, -0.2) is 4.79 Å². The molecule has 0 aromatic rings. The van der Waals surface area contributed by atoms with Gasteiger partial charge in [0.15, 0.2) is 0 Å². The lowest BCUT2D eigenvalue weighted by Crippen LogP contribution is -2.49. The molecule has 6 N–H and O–H groups in total. The fourth-order valence-electron chi connectivity index (χ4n) is 1.08. The van der Waals surface area contributed by atoms with Gasteiger partial charge in [-0.15, -0.1) is 0 Å². The Balaban J connectivity index is 0. The maximum Gasteiger partial charge on any atom is 0.490 e. The highest BCUT2D eigenvalue weighted by Gasteiger charge is 2.38. The van der Waals surface area contributed by atoms with E-state index in [1.165, 1.54) is 6.92 Å². The number of esters is 1. The van der Waals surface area contributed by atoms with E-state index in [0.29, 0.717) is 0 Å². The molecule has 140 valence electrons. The van der Waals surface area contributed by atoms with E-state index in [0.717, 1.165) is 0 Å². The molecule has 0 fully saturated rings. The van der Waals surface area contributed by atoms with E-state index in [1.807, 2.05) is 0 Å². The second-order valence-electron chi connectivity index (χ2n) is 4.40. The maximum absolute atomic E-state index is 11.3. The third-order valence-electron chi connectivity index (χ3n) is 2.26. The largest absolute Gasteiger partial charge is 0.490 e. The van der Waals surface area contributed by atoms with Crippen LogP contribution in [0, 0.1) is 0 Å². The number of rotatable bonds is 7. The Labute approximate surface area is 135 Å². The predicted octanol–water partition coefficient (Wildman–Crippen LogP) is -0.720. The standard InChI is InChI=1S/C10H19N3O4.C2HF3O2/c1-3-17-8(14)5-4-7(9(12)15)13-10(16)6(2)11;3-2(4,5)1(6)7/h6-7H,3-5,11H2,1-2H3,(H2,12,15)(H,13,16);(H,6,7)/t6-,7+;/m0./s1. The summed E-state index contributed by atoms with van der Waals surface area (Å²) in [6, 6.07) is -1.64. The average Bonchev–Trinajstić information content (AvgIpc) is 2.42. The zero-order valence-corrected chi connectivity index (χ0v) is 13.1. The quantitative estimate of drug-likeness (QED) is 0.436. The second-order valence-corrected chi connectivity index (χ2v) is 4.40. The van der Waals surface area contributed by atoms with Gasteiger partial charge in [0.2, 0.25) is 11.8 Å². The third kappa shape index (κ3) is 12.2. The molecule has 2 amide bonds. The lowest BCUT2D eigenvalue weighted by molar-refractivity contribution is -0.192. The van der Waals surface area contributed by atoms with Crippen molar-refractivity contribution in [2.24, 2.45) is 11.5 Å². The first kappa shape index (κ1) is 23.9. The van der Waals surface area contributed by atoms with Gasteiger partial charge in [0.25, 0.3) is 0 Å². The molecule has 0 saturated heterocycles. The van der Waals surface area contributed by atoms with Crippen molar-refractivity contribution < 1.29 is 42.2 Å². The number of carbonyl (C=O) groups is 4. The number of amides is 2. The Hall–Kier alpha value is -2.37. The summed E-state index contributed by atoms with van der Waals surface area (Å²) >= 11 is 0. The van der Waals surface area contributed by atoms with Gasteiger partial charge in [-0.1, -0.05) is 0 Å². The van der Waals surface area contributed by atoms with Crippen LogP contribution >= 0.6 is 0 Å². The predicted molar refractivity (Wildman–Crippen MR) is 74.3 cm³/mol. The second kappa shape index (κ2) is 11.2. The normalized spacial score (nSPS) is 12.9. The SMILES string of the molecule is CCOC(=O)CC[C@@H](NC(=O)[C@H](C)N)C(N)=O.O=C(O)C(F)(F)F. The monoisotopic (exact) mass is 359 g/mol. The molecule has 0 radical (unpaired) electrons. The summed E-state index contributed by atoms with van der Waals surface area (Å²) in [6.07, 6.45) is -4.96. The minimum Gasteiger partial charge on any atom is -0.475 e. The molecule has 24 heavy (non-hydrogen) atoms. The number of carbonyl (C=O) groups excluding carboxylic acids is 3. The van der Waals surface area contributed by atoms with Crippen molar-refractivity contribution in [1.29, 1.82) is 0 Å². The number of ether oxygens (including phenoxy) is 1. The number of alkyl halides is 3. The number of aliphatic carboxylic acids is 1. The molecule has 0 bridgehead atoms. The van der Waals surface area contributed by atoms with Crippen molar-refractivity contribution in [1.82, 2.24) is 5.32 Å². The zero-order chi connectivity index (χ0) is 19.5. The van der Waals surface area contributed by atoms with Gasteiger partial charge in [0.05, 0.1) is 12.6 Å². The number of halogens is 3.